The minimum absolute atomic E-state index is 0.156. The first-order valence-corrected chi connectivity index (χ1v) is 8.24. The first-order valence-electron chi connectivity index (χ1n) is 8.24. The Labute approximate surface area is 128 Å². The number of morpholine rings is 1. The third-order valence-corrected chi connectivity index (χ3v) is 3.76. The molecular weight excluding hydrogens is 268 g/mol. The summed E-state index contributed by atoms with van der Waals surface area (Å²) in [6, 6.07) is 0. The van der Waals surface area contributed by atoms with Gasteiger partial charge in [-0.05, 0) is 32.7 Å². The minimum atomic E-state index is 0.156. The lowest BCUT2D eigenvalue weighted by Crippen LogP contribution is -2.38. The van der Waals surface area contributed by atoms with Crippen molar-refractivity contribution in [3.8, 4) is 0 Å². The SMILES string of the molecule is CC(=O)CCCCCCC(=O)NCCCN1CCOCC1. The Morgan fingerprint density at radius 3 is 2.33 bits per heavy atom. The number of ketones is 1. The molecule has 5 nitrogen and oxygen atoms in total. The number of Topliss-reactive ketones (excluding diaryl/α,β-unsaturated/α-hetero) is 1. The lowest BCUT2D eigenvalue weighted by Gasteiger charge is -2.26. The summed E-state index contributed by atoms with van der Waals surface area (Å²) in [4.78, 5) is 24.8. The molecule has 0 aromatic carbocycles. The van der Waals surface area contributed by atoms with Crippen LogP contribution in [0, 0.1) is 0 Å². The van der Waals surface area contributed by atoms with E-state index in [9.17, 15) is 9.59 Å². The van der Waals surface area contributed by atoms with Crippen molar-refractivity contribution >= 4 is 11.7 Å². The second kappa shape index (κ2) is 11.7. The molecule has 0 unspecified atom stereocenters. The van der Waals surface area contributed by atoms with E-state index in [1.54, 1.807) is 6.92 Å². The number of hydrogen-bond donors (Lipinski definition) is 1. The number of hydrogen-bond acceptors (Lipinski definition) is 4. The molecule has 0 radical (unpaired) electrons. The Kier molecular flexibility index (Phi) is 10.1. The quantitative estimate of drug-likeness (QED) is 0.590. The van der Waals surface area contributed by atoms with Crippen LogP contribution in [-0.4, -0.2) is 56.0 Å². The molecule has 1 heterocycles. The molecule has 21 heavy (non-hydrogen) atoms. The van der Waals surface area contributed by atoms with E-state index in [4.69, 9.17) is 4.74 Å². The number of rotatable bonds is 11. The number of carbonyl (C=O) groups is 2. The maximum atomic E-state index is 11.6. The summed E-state index contributed by atoms with van der Waals surface area (Å²) in [6.07, 6.45) is 6.25. The van der Waals surface area contributed by atoms with Crippen molar-refractivity contribution in [3.05, 3.63) is 0 Å². The van der Waals surface area contributed by atoms with E-state index >= 15 is 0 Å². The average molecular weight is 298 g/mol. The molecule has 0 spiro atoms. The smallest absolute Gasteiger partial charge is 0.219 e. The zero-order chi connectivity index (χ0) is 15.3. The van der Waals surface area contributed by atoms with Gasteiger partial charge in [-0.2, -0.15) is 0 Å². The molecule has 0 aliphatic carbocycles. The summed E-state index contributed by atoms with van der Waals surface area (Å²) >= 11 is 0. The summed E-state index contributed by atoms with van der Waals surface area (Å²) in [7, 11) is 0. The molecule has 0 aromatic heterocycles. The molecule has 5 heteroatoms. The van der Waals surface area contributed by atoms with Crippen molar-refractivity contribution in [2.45, 2.75) is 51.9 Å². The normalized spacial score (nSPS) is 15.9. The molecule has 0 saturated carbocycles. The monoisotopic (exact) mass is 298 g/mol. The fourth-order valence-electron chi connectivity index (χ4n) is 2.46. The Morgan fingerprint density at radius 2 is 1.67 bits per heavy atom. The summed E-state index contributed by atoms with van der Waals surface area (Å²) in [5, 5.41) is 2.98. The first-order chi connectivity index (χ1) is 10.2. The van der Waals surface area contributed by atoms with E-state index in [-0.39, 0.29) is 11.7 Å². The van der Waals surface area contributed by atoms with Crippen molar-refractivity contribution in [3.63, 3.8) is 0 Å². The van der Waals surface area contributed by atoms with E-state index in [0.29, 0.717) is 12.8 Å². The van der Waals surface area contributed by atoms with Crippen LogP contribution in [0.15, 0.2) is 0 Å². The highest BCUT2D eigenvalue weighted by Crippen LogP contribution is 2.05. The second-order valence-corrected chi connectivity index (χ2v) is 5.77. The van der Waals surface area contributed by atoms with Crippen molar-refractivity contribution in [1.82, 2.24) is 10.2 Å². The number of carbonyl (C=O) groups excluding carboxylic acids is 2. The second-order valence-electron chi connectivity index (χ2n) is 5.77. The van der Waals surface area contributed by atoms with Gasteiger partial charge in [-0.3, -0.25) is 9.69 Å². The van der Waals surface area contributed by atoms with Gasteiger partial charge >= 0.3 is 0 Å². The Hall–Kier alpha value is -0.940. The van der Waals surface area contributed by atoms with Gasteiger partial charge in [0.15, 0.2) is 0 Å². The van der Waals surface area contributed by atoms with Crippen molar-refractivity contribution < 1.29 is 14.3 Å². The highest BCUT2D eigenvalue weighted by atomic mass is 16.5. The highest BCUT2D eigenvalue weighted by Gasteiger charge is 2.09. The van der Waals surface area contributed by atoms with Crippen LogP contribution in [-0.2, 0) is 14.3 Å². The van der Waals surface area contributed by atoms with Crippen LogP contribution in [0.25, 0.3) is 0 Å². The Morgan fingerprint density at radius 1 is 1.00 bits per heavy atom. The lowest BCUT2D eigenvalue weighted by molar-refractivity contribution is -0.121. The van der Waals surface area contributed by atoms with Gasteiger partial charge in [0.1, 0.15) is 5.78 Å². The van der Waals surface area contributed by atoms with E-state index in [2.05, 4.69) is 10.2 Å². The predicted octanol–water partition coefficient (Wildman–Crippen LogP) is 1.75. The number of nitrogens with one attached hydrogen (secondary N) is 1. The van der Waals surface area contributed by atoms with Gasteiger partial charge in [0.2, 0.25) is 5.91 Å². The lowest BCUT2D eigenvalue weighted by atomic mass is 10.1. The molecule has 1 aliphatic heterocycles. The summed E-state index contributed by atoms with van der Waals surface area (Å²) in [6.45, 7) is 7.11. The molecule has 122 valence electrons. The van der Waals surface area contributed by atoms with Crippen LogP contribution in [0.1, 0.15) is 51.9 Å². The van der Waals surface area contributed by atoms with Gasteiger partial charge in [-0.25, -0.2) is 0 Å². The summed E-state index contributed by atoms with van der Waals surface area (Å²) < 4.78 is 5.30. The standard InChI is InChI=1S/C16H30N2O3/c1-15(19)7-4-2-3-5-8-16(20)17-9-6-10-18-11-13-21-14-12-18/h2-14H2,1H3,(H,17,20). The van der Waals surface area contributed by atoms with Gasteiger partial charge in [0, 0.05) is 32.5 Å². The van der Waals surface area contributed by atoms with Crippen LogP contribution in [0.3, 0.4) is 0 Å². The van der Waals surface area contributed by atoms with Crippen LogP contribution in [0.4, 0.5) is 0 Å². The maximum Gasteiger partial charge on any atom is 0.219 e. The van der Waals surface area contributed by atoms with Crippen molar-refractivity contribution in [2.75, 3.05) is 39.4 Å². The number of nitrogens with zero attached hydrogens (tertiary/aromatic N) is 1. The molecule has 1 saturated heterocycles. The molecule has 0 aromatic rings. The van der Waals surface area contributed by atoms with Gasteiger partial charge in [-0.15, -0.1) is 0 Å². The third kappa shape index (κ3) is 10.4. The number of amides is 1. The molecule has 1 aliphatic rings. The minimum Gasteiger partial charge on any atom is -0.379 e. The summed E-state index contributed by atoms with van der Waals surface area (Å²) in [5.41, 5.74) is 0. The number of unbranched alkanes of at least 4 members (excludes halogenated alkanes) is 3. The maximum absolute atomic E-state index is 11.6. The van der Waals surface area contributed by atoms with E-state index in [1.807, 2.05) is 0 Å². The average Bonchev–Trinajstić information content (AvgIpc) is 2.48. The Balaban J connectivity index is 1.86. The fraction of sp³-hybridized carbons (Fsp3) is 0.875. The van der Waals surface area contributed by atoms with E-state index < -0.39 is 0 Å². The Bertz CT molecular complexity index is 302. The van der Waals surface area contributed by atoms with Crippen LogP contribution >= 0.6 is 0 Å². The molecule has 0 atom stereocenters. The van der Waals surface area contributed by atoms with Crippen LogP contribution in [0.2, 0.25) is 0 Å². The zero-order valence-electron chi connectivity index (χ0n) is 13.4. The van der Waals surface area contributed by atoms with Gasteiger partial charge in [-0.1, -0.05) is 12.8 Å². The molecule has 1 amide bonds. The topological polar surface area (TPSA) is 58.6 Å². The van der Waals surface area contributed by atoms with Crippen LogP contribution < -0.4 is 5.32 Å². The first kappa shape index (κ1) is 18.1. The molecule has 1 rings (SSSR count). The van der Waals surface area contributed by atoms with Gasteiger partial charge in [0.25, 0.3) is 0 Å². The number of ether oxygens (including phenoxy) is 1. The fourth-order valence-corrected chi connectivity index (χ4v) is 2.46. The zero-order valence-corrected chi connectivity index (χ0v) is 13.4. The predicted molar refractivity (Wildman–Crippen MR) is 83.3 cm³/mol. The molecule has 1 fully saturated rings. The molecule has 0 bridgehead atoms. The largest absolute Gasteiger partial charge is 0.379 e. The third-order valence-electron chi connectivity index (χ3n) is 3.76. The van der Waals surface area contributed by atoms with E-state index in [1.165, 1.54) is 0 Å². The van der Waals surface area contributed by atoms with Gasteiger partial charge in [0.05, 0.1) is 13.2 Å². The van der Waals surface area contributed by atoms with Crippen molar-refractivity contribution in [1.29, 1.82) is 0 Å². The molecule has 1 N–H and O–H groups in total. The van der Waals surface area contributed by atoms with Crippen molar-refractivity contribution in [2.24, 2.45) is 0 Å². The summed E-state index contributed by atoms with van der Waals surface area (Å²) in [5.74, 6) is 0.413. The molecular formula is C16H30N2O3. The van der Waals surface area contributed by atoms with E-state index in [0.717, 1.165) is 71.5 Å². The highest BCUT2D eigenvalue weighted by molar-refractivity contribution is 5.76. The van der Waals surface area contributed by atoms with Gasteiger partial charge < -0.3 is 14.8 Å². The van der Waals surface area contributed by atoms with Crippen LogP contribution in [0.5, 0.6) is 0 Å².